The largest absolute Gasteiger partial charge is 0.373 e. The number of morpholine rings is 1. The van der Waals surface area contributed by atoms with E-state index in [1.807, 2.05) is 13.1 Å². The second-order valence-corrected chi connectivity index (χ2v) is 7.13. The van der Waals surface area contributed by atoms with Gasteiger partial charge in [0.1, 0.15) is 0 Å². The van der Waals surface area contributed by atoms with Gasteiger partial charge in [0.15, 0.2) is 0 Å². The first-order chi connectivity index (χ1) is 10.5. The van der Waals surface area contributed by atoms with E-state index in [1.165, 1.54) is 18.5 Å². The maximum absolute atomic E-state index is 6.05. The molecule has 0 unspecified atom stereocenters. The van der Waals surface area contributed by atoms with Gasteiger partial charge in [-0.1, -0.05) is 6.58 Å². The molecule has 2 fully saturated rings. The van der Waals surface area contributed by atoms with Crippen molar-refractivity contribution >= 4 is 11.3 Å². The zero-order valence-electron chi connectivity index (χ0n) is 13.9. The molecule has 3 rings (SSSR count). The third-order valence-electron chi connectivity index (χ3n) is 4.58. The molecule has 0 aromatic carbocycles. The average molecular weight is 301 g/mol. The number of anilines is 1. The van der Waals surface area contributed by atoms with E-state index in [2.05, 4.69) is 47.8 Å². The second-order valence-electron chi connectivity index (χ2n) is 7.13. The van der Waals surface area contributed by atoms with Crippen molar-refractivity contribution in [3.05, 3.63) is 30.6 Å². The minimum Gasteiger partial charge on any atom is -0.373 e. The third-order valence-corrected chi connectivity index (χ3v) is 4.58. The number of nitrogens with zero attached hydrogens (tertiary/aromatic N) is 2. The molecule has 1 aliphatic heterocycles. The van der Waals surface area contributed by atoms with Crippen molar-refractivity contribution in [2.24, 2.45) is 0 Å². The van der Waals surface area contributed by atoms with Crippen LogP contribution in [0.25, 0.3) is 5.57 Å². The van der Waals surface area contributed by atoms with Crippen LogP contribution in [0.3, 0.4) is 0 Å². The first-order valence-electron chi connectivity index (χ1n) is 8.22. The van der Waals surface area contributed by atoms with Crippen LogP contribution in [-0.2, 0) is 4.74 Å². The maximum Gasteiger partial charge on any atom is 0.0926 e. The fourth-order valence-corrected chi connectivity index (χ4v) is 2.99. The number of allylic oxidation sites excluding steroid dienone is 1. The fraction of sp³-hybridized carbons (Fsp3) is 0.611. The zero-order valence-corrected chi connectivity index (χ0v) is 13.9. The second kappa shape index (κ2) is 6.01. The SMILES string of the molecule is C=C(C)c1ccc(N2CCO[C@H](C(C)(C)NC3CC3)C2)cn1. The van der Waals surface area contributed by atoms with E-state index in [4.69, 9.17) is 4.74 Å². The van der Waals surface area contributed by atoms with Gasteiger partial charge >= 0.3 is 0 Å². The number of hydrogen-bond donors (Lipinski definition) is 1. The molecule has 1 atom stereocenters. The molecule has 2 aliphatic rings. The van der Waals surface area contributed by atoms with Crippen molar-refractivity contribution < 1.29 is 4.74 Å². The van der Waals surface area contributed by atoms with Gasteiger partial charge in [-0.15, -0.1) is 0 Å². The molecular formula is C18H27N3O. The summed E-state index contributed by atoms with van der Waals surface area (Å²) in [6.07, 6.45) is 4.74. The summed E-state index contributed by atoms with van der Waals surface area (Å²) < 4.78 is 6.05. The molecule has 0 amide bonds. The molecule has 0 radical (unpaired) electrons. The van der Waals surface area contributed by atoms with Crippen molar-refractivity contribution in [2.45, 2.75) is 51.3 Å². The zero-order chi connectivity index (χ0) is 15.7. The van der Waals surface area contributed by atoms with Gasteiger partial charge in [-0.2, -0.15) is 0 Å². The van der Waals surface area contributed by atoms with Crippen LogP contribution < -0.4 is 10.2 Å². The number of ether oxygens (including phenoxy) is 1. The molecule has 22 heavy (non-hydrogen) atoms. The highest BCUT2D eigenvalue weighted by atomic mass is 16.5. The Bertz CT molecular complexity index is 534. The van der Waals surface area contributed by atoms with Crippen LogP contribution in [0.4, 0.5) is 5.69 Å². The van der Waals surface area contributed by atoms with Gasteiger partial charge < -0.3 is 15.0 Å². The van der Waals surface area contributed by atoms with Gasteiger partial charge in [0.25, 0.3) is 0 Å². The molecular weight excluding hydrogens is 274 g/mol. The summed E-state index contributed by atoms with van der Waals surface area (Å²) >= 11 is 0. The van der Waals surface area contributed by atoms with Gasteiger partial charge in [-0.3, -0.25) is 4.98 Å². The van der Waals surface area contributed by atoms with Crippen LogP contribution in [0.5, 0.6) is 0 Å². The summed E-state index contributed by atoms with van der Waals surface area (Å²) in [4.78, 5) is 6.88. The van der Waals surface area contributed by atoms with Crippen LogP contribution in [0.15, 0.2) is 24.9 Å². The Balaban J connectivity index is 1.68. The number of pyridine rings is 1. The van der Waals surface area contributed by atoms with Crippen LogP contribution in [0.1, 0.15) is 39.3 Å². The van der Waals surface area contributed by atoms with Crippen molar-refractivity contribution in [3.8, 4) is 0 Å². The highest BCUT2D eigenvalue weighted by molar-refractivity contribution is 5.59. The van der Waals surface area contributed by atoms with Gasteiger partial charge in [-0.05, 0) is 51.3 Å². The molecule has 2 heterocycles. The molecule has 0 bridgehead atoms. The molecule has 4 heteroatoms. The van der Waals surface area contributed by atoms with Crippen molar-refractivity contribution in [1.82, 2.24) is 10.3 Å². The van der Waals surface area contributed by atoms with Gasteiger partial charge in [-0.25, -0.2) is 0 Å². The summed E-state index contributed by atoms with van der Waals surface area (Å²) in [5.74, 6) is 0. The number of aromatic nitrogens is 1. The van der Waals surface area contributed by atoms with E-state index < -0.39 is 0 Å². The van der Waals surface area contributed by atoms with Crippen LogP contribution in [0, 0.1) is 0 Å². The average Bonchev–Trinajstić information content (AvgIpc) is 3.31. The first kappa shape index (κ1) is 15.5. The smallest absolute Gasteiger partial charge is 0.0926 e. The summed E-state index contributed by atoms with van der Waals surface area (Å²) in [6.45, 7) is 13.0. The lowest BCUT2D eigenvalue weighted by molar-refractivity contribution is -0.0134. The summed E-state index contributed by atoms with van der Waals surface area (Å²) in [5.41, 5.74) is 3.14. The molecule has 1 N–H and O–H groups in total. The third kappa shape index (κ3) is 3.50. The Kier molecular flexibility index (Phi) is 4.24. The van der Waals surface area contributed by atoms with Crippen LogP contribution in [0.2, 0.25) is 0 Å². The number of rotatable bonds is 5. The highest BCUT2D eigenvalue weighted by Crippen LogP contribution is 2.27. The van der Waals surface area contributed by atoms with Crippen LogP contribution in [-0.4, -0.2) is 42.4 Å². The molecule has 1 saturated heterocycles. The fourth-order valence-electron chi connectivity index (χ4n) is 2.99. The number of hydrogen-bond acceptors (Lipinski definition) is 4. The molecule has 1 aliphatic carbocycles. The van der Waals surface area contributed by atoms with E-state index in [1.54, 1.807) is 0 Å². The lowest BCUT2D eigenvalue weighted by Crippen LogP contribution is -2.58. The lowest BCUT2D eigenvalue weighted by Gasteiger charge is -2.42. The molecule has 1 aromatic heterocycles. The quantitative estimate of drug-likeness (QED) is 0.907. The number of nitrogens with one attached hydrogen (secondary N) is 1. The van der Waals surface area contributed by atoms with E-state index >= 15 is 0 Å². The molecule has 0 spiro atoms. The first-order valence-corrected chi connectivity index (χ1v) is 8.22. The van der Waals surface area contributed by atoms with E-state index in [9.17, 15) is 0 Å². The van der Waals surface area contributed by atoms with E-state index in [-0.39, 0.29) is 11.6 Å². The topological polar surface area (TPSA) is 37.4 Å². The van der Waals surface area contributed by atoms with Gasteiger partial charge in [0, 0.05) is 24.7 Å². The summed E-state index contributed by atoms with van der Waals surface area (Å²) in [7, 11) is 0. The lowest BCUT2D eigenvalue weighted by atomic mass is 9.95. The summed E-state index contributed by atoms with van der Waals surface area (Å²) in [5, 5.41) is 3.72. The minimum atomic E-state index is 0.00487. The van der Waals surface area contributed by atoms with Gasteiger partial charge in [0.2, 0.25) is 0 Å². The van der Waals surface area contributed by atoms with Crippen LogP contribution >= 0.6 is 0 Å². The predicted octanol–water partition coefficient (Wildman–Crippen LogP) is 2.85. The Hall–Kier alpha value is -1.39. The molecule has 1 aromatic rings. The molecule has 120 valence electrons. The summed E-state index contributed by atoms with van der Waals surface area (Å²) in [6, 6.07) is 4.88. The Morgan fingerprint density at radius 3 is 2.77 bits per heavy atom. The molecule has 4 nitrogen and oxygen atoms in total. The standard InChI is InChI=1S/C18H27N3O/c1-13(2)16-8-7-15(11-19-16)21-9-10-22-17(12-21)18(3,4)20-14-5-6-14/h7-8,11,14,17,20H,1,5-6,9-10,12H2,2-4H3/t17-/m0/s1. The highest BCUT2D eigenvalue weighted by Gasteiger charge is 2.38. The minimum absolute atomic E-state index is 0.00487. The normalized spacial score (nSPS) is 22.7. The van der Waals surface area contributed by atoms with E-state index in [0.717, 1.165) is 31.0 Å². The van der Waals surface area contributed by atoms with E-state index in [0.29, 0.717) is 6.04 Å². The predicted molar refractivity (Wildman–Crippen MR) is 91.1 cm³/mol. The van der Waals surface area contributed by atoms with Crippen molar-refractivity contribution in [2.75, 3.05) is 24.6 Å². The Morgan fingerprint density at radius 2 is 2.18 bits per heavy atom. The molecule has 1 saturated carbocycles. The maximum atomic E-state index is 6.05. The van der Waals surface area contributed by atoms with Crippen molar-refractivity contribution in [1.29, 1.82) is 0 Å². The Labute approximate surface area is 133 Å². The monoisotopic (exact) mass is 301 g/mol. The van der Waals surface area contributed by atoms with Gasteiger partial charge in [0.05, 0.1) is 30.3 Å². The van der Waals surface area contributed by atoms with Crippen molar-refractivity contribution in [3.63, 3.8) is 0 Å². The Morgan fingerprint density at radius 1 is 1.41 bits per heavy atom.